The lowest BCUT2D eigenvalue weighted by atomic mass is 10.1. The van der Waals surface area contributed by atoms with E-state index in [2.05, 4.69) is 15.9 Å². The number of hydrogen-bond donors (Lipinski definition) is 0. The summed E-state index contributed by atoms with van der Waals surface area (Å²) < 4.78 is 13.4. The third kappa shape index (κ3) is 4.89. The Morgan fingerprint density at radius 3 is 2.71 bits per heavy atom. The number of furan rings is 1. The van der Waals surface area contributed by atoms with Crippen LogP contribution in [0.5, 0.6) is 0 Å². The number of carbonyl (C=O) groups is 2. The largest absolute Gasteiger partial charge is 0.467 e. The van der Waals surface area contributed by atoms with Gasteiger partial charge in [-0.15, -0.1) is 0 Å². The van der Waals surface area contributed by atoms with Gasteiger partial charge < -0.3 is 13.7 Å². The minimum atomic E-state index is -0.558. The molecule has 3 aromatic rings. The summed E-state index contributed by atoms with van der Waals surface area (Å²) in [6, 6.07) is 13.0. The molecule has 2 aromatic heterocycles. The molecule has 0 saturated heterocycles. The highest BCUT2D eigenvalue weighted by atomic mass is 79.9. The maximum Gasteiger partial charge on any atom is 0.331 e. The van der Waals surface area contributed by atoms with Crippen LogP contribution in [0.4, 0.5) is 0 Å². The predicted octanol–water partition coefficient (Wildman–Crippen LogP) is 4.95. The lowest BCUT2D eigenvalue weighted by Crippen LogP contribution is -2.13. The molecule has 0 saturated carbocycles. The minimum absolute atomic E-state index is 0.233. The Kier molecular flexibility index (Phi) is 6.31. The van der Waals surface area contributed by atoms with Crippen LogP contribution in [0, 0.1) is 13.8 Å². The van der Waals surface area contributed by atoms with Crippen LogP contribution < -0.4 is 0 Å². The van der Waals surface area contributed by atoms with Crippen molar-refractivity contribution in [1.82, 2.24) is 4.57 Å². The Balaban J connectivity index is 1.61. The Morgan fingerprint density at radius 2 is 2.00 bits per heavy atom. The van der Waals surface area contributed by atoms with Crippen LogP contribution in [0.2, 0.25) is 0 Å². The number of esters is 1. The number of ether oxygens (including phenoxy) is 1. The molecule has 0 N–H and O–H groups in total. The fraction of sp³-hybridized carbons (Fsp3) is 0.182. The van der Waals surface area contributed by atoms with Crippen molar-refractivity contribution < 1.29 is 18.7 Å². The van der Waals surface area contributed by atoms with Gasteiger partial charge in [0.05, 0.1) is 12.8 Å². The molecule has 0 fully saturated rings. The number of aromatic nitrogens is 1. The standard InChI is InChI=1S/C22H20BrNO4/c1-15-11-20(16(2)24(15)13-19-7-4-10-27-19)21(25)14-28-22(26)9-8-17-5-3-6-18(23)12-17/h3-12H,13-14H2,1-2H3. The van der Waals surface area contributed by atoms with E-state index >= 15 is 0 Å². The van der Waals surface area contributed by atoms with Gasteiger partial charge >= 0.3 is 5.97 Å². The highest BCUT2D eigenvalue weighted by Crippen LogP contribution is 2.18. The van der Waals surface area contributed by atoms with Crippen LogP contribution in [-0.4, -0.2) is 22.9 Å². The number of benzene rings is 1. The van der Waals surface area contributed by atoms with Crippen molar-refractivity contribution in [2.75, 3.05) is 6.61 Å². The fourth-order valence-corrected chi connectivity index (χ4v) is 3.34. The monoisotopic (exact) mass is 441 g/mol. The molecule has 0 atom stereocenters. The quantitative estimate of drug-likeness (QED) is 0.295. The highest BCUT2D eigenvalue weighted by molar-refractivity contribution is 9.10. The lowest BCUT2D eigenvalue weighted by molar-refractivity contribution is -0.136. The number of halogens is 1. The molecule has 0 aliphatic rings. The average Bonchev–Trinajstić information content (AvgIpc) is 3.28. The summed E-state index contributed by atoms with van der Waals surface area (Å²) in [5.74, 6) is 0.0191. The van der Waals surface area contributed by atoms with Gasteiger partial charge in [-0.1, -0.05) is 28.1 Å². The molecule has 0 aliphatic heterocycles. The summed E-state index contributed by atoms with van der Waals surface area (Å²) in [7, 11) is 0. The lowest BCUT2D eigenvalue weighted by Gasteiger charge is -2.08. The van der Waals surface area contributed by atoms with E-state index in [0.29, 0.717) is 12.1 Å². The van der Waals surface area contributed by atoms with Gasteiger partial charge in [-0.3, -0.25) is 4.79 Å². The summed E-state index contributed by atoms with van der Waals surface area (Å²) in [5.41, 5.74) is 3.17. The van der Waals surface area contributed by atoms with Crippen LogP contribution in [0.25, 0.3) is 6.08 Å². The van der Waals surface area contributed by atoms with Gasteiger partial charge in [0.15, 0.2) is 6.61 Å². The topological polar surface area (TPSA) is 61.4 Å². The van der Waals surface area contributed by atoms with Gasteiger partial charge in [0.25, 0.3) is 0 Å². The molecule has 3 rings (SSSR count). The first-order valence-corrected chi connectivity index (χ1v) is 9.56. The van der Waals surface area contributed by atoms with Crippen molar-refractivity contribution in [1.29, 1.82) is 0 Å². The molecule has 0 aliphatic carbocycles. The number of ketones is 1. The first kappa shape index (κ1) is 19.9. The van der Waals surface area contributed by atoms with Crippen molar-refractivity contribution in [3.05, 3.63) is 87.6 Å². The maximum atomic E-state index is 12.5. The number of carbonyl (C=O) groups excluding carboxylic acids is 2. The van der Waals surface area contributed by atoms with Gasteiger partial charge in [0, 0.05) is 27.5 Å². The van der Waals surface area contributed by atoms with Crippen LogP contribution in [0.3, 0.4) is 0 Å². The molecule has 0 amide bonds. The number of nitrogens with zero attached hydrogens (tertiary/aromatic N) is 1. The number of Topliss-reactive ketones (excluding diaryl/α,β-unsaturated/α-hetero) is 1. The third-order valence-electron chi connectivity index (χ3n) is 4.37. The smallest absolute Gasteiger partial charge is 0.331 e. The van der Waals surface area contributed by atoms with E-state index < -0.39 is 5.97 Å². The summed E-state index contributed by atoms with van der Waals surface area (Å²) >= 11 is 3.38. The first-order valence-electron chi connectivity index (χ1n) is 8.77. The van der Waals surface area contributed by atoms with Crippen molar-refractivity contribution in [2.24, 2.45) is 0 Å². The number of hydrogen-bond acceptors (Lipinski definition) is 4. The zero-order valence-corrected chi connectivity index (χ0v) is 17.2. The summed E-state index contributed by atoms with van der Waals surface area (Å²) in [6.45, 7) is 4.05. The van der Waals surface area contributed by atoms with Gasteiger partial charge in [-0.25, -0.2) is 4.79 Å². The van der Waals surface area contributed by atoms with E-state index in [4.69, 9.17) is 9.15 Å². The zero-order valence-electron chi connectivity index (χ0n) is 15.6. The second-order valence-electron chi connectivity index (χ2n) is 6.37. The molecule has 0 radical (unpaired) electrons. The van der Waals surface area contributed by atoms with E-state index in [1.165, 1.54) is 6.08 Å². The van der Waals surface area contributed by atoms with Crippen molar-refractivity contribution in [3.8, 4) is 0 Å². The molecular weight excluding hydrogens is 422 g/mol. The molecule has 1 aromatic carbocycles. The van der Waals surface area contributed by atoms with E-state index in [1.807, 2.05) is 60.9 Å². The maximum absolute atomic E-state index is 12.5. The molecule has 0 spiro atoms. The summed E-state index contributed by atoms with van der Waals surface area (Å²) in [6.07, 6.45) is 4.58. The van der Waals surface area contributed by atoms with Gasteiger partial charge in [0.1, 0.15) is 5.76 Å². The SMILES string of the molecule is Cc1cc(C(=O)COC(=O)C=Cc2cccc(Br)c2)c(C)n1Cc1ccco1. The zero-order chi connectivity index (χ0) is 20.1. The fourth-order valence-electron chi connectivity index (χ4n) is 2.92. The molecule has 6 heteroatoms. The van der Waals surface area contributed by atoms with E-state index in [1.54, 1.807) is 12.3 Å². The second-order valence-corrected chi connectivity index (χ2v) is 7.29. The third-order valence-corrected chi connectivity index (χ3v) is 4.87. The Labute approximate surface area is 171 Å². The predicted molar refractivity (Wildman–Crippen MR) is 110 cm³/mol. The van der Waals surface area contributed by atoms with E-state index in [-0.39, 0.29) is 12.4 Å². The van der Waals surface area contributed by atoms with Crippen molar-refractivity contribution in [3.63, 3.8) is 0 Å². The van der Waals surface area contributed by atoms with Gasteiger partial charge in [-0.05, 0) is 55.8 Å². The number of rotatable bonds is 7. The Morgan fingerprint density at radius 1 is 1.18 bits per heavy atom. The van der Waals surface area contributed by atoms with Gasteiger partial charge in [-0.2, -0.15) is 0 Å². The highest BCUT2D eigenvalue weighted by Gasteiger charge is 2.17. The second kappa shape index (κ2) is 8.89. The van der Waals surface area contributed by atoms with Crippen LogP contribution >= 0.6 is 15.9 Å². The van der Waals surface area contributed by atoms with E-state index in [9.17, 15) is 9.59 Å². The van der Waals surface area contributed by atoms with Crippen LogP contribution in [0.15, 0.2) is 63.7 Å². The Bertz CT molecular complexity index is 1020. The van der Waals surface area contributed by atoms with Gasteiger partial charge in [0.2, 0.25) is 5.78 Å². The first-order chi connectivity index (χ1) is 13.4. The van der Waals surface area contributed by atoms with Crippen molar-refractivity contribution >= 4 is 33.8 Å². The molecule has 0 unspecified atom stereocenters. The molecule has 144 valence electrons. The van der Waals surface area contributed by atoms with Crippen molar-refractivity contribution in [2.45, 2.75) is 20.4 Å². The average molecular weight is 442 g/mol. The normalized spacial score (nSPS) is 11.1. The molecule has 5 nitrogen and oxygen atoms in total. The van der Waals surface area contributed by atoms with Crippen LogP contribution in [-0.2, 0) is 16.1 Å². The molecule has 28 heavy (non-hydrogen) atoms. The molecule has 2 heterocycles. The summed E-state index contributed by atoms with van der Waals surface area (Å²) in [5, 5.41) is 0. The van der Waals surface area contributed by atoms with Crippen LogP contribution in [0.1, 0.15) is 33.1 Å². The number of aryl methyl sites for hydroxylation is 1. The molecule has 0 bridgehead atoms. The minimum Gasteiger partial charge on any atom is -0.467 e. The Hall–Kier alpha value is -2.86. The van der Waals surface area contributed by atoms with E-state index in [0.717, 1.165) is 27.2 Å². The summed E-state index contributed by atoms with van der Waals surface area (Å²) in [4.78, 5) is 24.4. The molecular formula is C22H20BrNO4.